The van der Waals surface area contributed by atoms with Gasteiger partial charge in [-0.05, 0) is 37.2 Å². The minimum Gasteiger partial charge on any atom is -0.495 e. The standard InChI is InChI=1S/C20H25ClN4O2/c1-4-24-7-9-25(10-8-24)19-6-5-15(13-22-19)20(26)23-17-11-14(2)16(21)12-18(17)27-3/h5-6,11-13H,4,7-10H2,1-3H3,(H,23,26). The maximum Gasteiger partial charge on any atom is 0.257 e. The summed E-state index contributed by atoms with van der Waals surface area (Å²) in [7, 11) is 1.55. The summed E-state index contributed by atoms with van der Waals surface area (Å²) in [5.74, 6) is 1.20. The predicted molar refractivity (Wildman–Crippen MR) is 109 cm³/mol. The number of aryl methyl sites for hydroxylation is 1. The largest absolute Gasteiger partial charge is 0.495 e. The zero-order valence-corrected chi connectivity index (χ0v) is 16.7. The molecule has 2 aromatic rings. The van der Waals surface area contributed by atoms with Gasteiger partial charge >= 0.3 is 0 Å². The first-order valence-electron chi connectivity index (χ1n) is 9.10. The van der Waals surface area contributed by atoms with E-state index in [1.54, 1.807) is 31.5 Å². The monoisotopic (exact) mass is 388 g/mol. The van der Waals surface area contributed by atoms with Crippen molar-refractivity contribution >= 4 is 29.0 Å². The van der Waals surface area contributed by atoms with Crippen LogP contribution in [-0.4, -0.2) is 55.6 Å². The Kier molecular flexibility index (Phi) is 6.19. The summed E-state index contributed by atoms with van der Waals surface area (Å²) in [4.78, 5) is 21.7. The SMILES string of the molecule is CCN1CCN(c2ccc(C(=O)Nc3cc(C)c(Cl)cc3OC)cn2)CC1. The number of anilines is 2. The van der Waals surface area contributed by atoms with E-state index < -0.39 is 0 Å². The number of piperazine rings is 1. The van der Waals surface area contributed by atoms with Crippen LogP contribution >= 0.6 is 11.6 Å². The fourth-order valence-electron chi connectivity index (χ4n) is 3.12. The van der Waals surface area contributed by atoms with Gasteiger partial charge in [-0.25, -0.2) is 4.98 Å². The van der Waals surface area contributed by atoms with Crippen LogP contribution in [0.15, 0.2) is 30.5 Å². The lowest BCUT2D eigenvalue weighted by atomic mass is 10.2. The molecular formula is C20H25ClN4O2. The van der Waals surface area contributed by atoms with Gasteiger partial charge < -0.3 is 19.9 Å². The fraction of sp³-hybridized carbons (Fsp3) is 0.400. The number of halogens is 1. The summed E-state index contributed by atoms with van der Waals surface area (Å²) in [5.41, 5.74) is 1.96. The van der Waals surface area contributed by atoms with Crippen LogP contribution in [0.25, 0.3) is 0 Å². The Bertz CT molecular complexity index is 802. The first-order valence-corrected chi connectivity index (χ1v) is 9.48. The van der Waals surface area contributed by atoms with E-state index in [1.807, 2.05) is 13.0 Å². The molecule has 0 radical (unpaired) electrons. The van der Waals surface area contributed by atoms with E-state index in [0.29, 0.717) is 22.0 Å². The van der Waals surface area contributed by atoms with Gasteiger partial charge in [-0.15, -0.1) is 0 Å². The first-order chi connectivity index (χ1) is 13.0. The van der Waals surface area contributed by atoms with E-state index in [1.165, 1.54) is 0 Å². The number of likely N-dealkylation sites (N-methyl/N-ethyl adjacent to an activating group) is 1. The summed E-state index contributed by atoms with van der Waals surface area (Å²) in [6.07, 6.45) is 1.62. The molecule has 0 aliphatic carbocycles. The van der Waals surface area contributed by atoms with Gasteiger partial charge in [0.2, 0.25) is 0 Å². The summed E-state index contributed by atoms with van der Waals surface area (Å²) in [6, 6.07) is 7.21. The molecule has 7 heteroatoms. The van der Waals surface area contributed by atoms with Crippen LogP contribution in [0.2, 0.25) is 5.02 Å². The zero-order chi connectivity index (χ0) is 19.4. The second-order valence-corrected chi connectivity index (χ2v) is 6.99. The molecule has 27 heavy (non-hydrogen) atoms. The molecule has 1 aromatic carbocycles. The molecule has 0 saturated carbocycles. The number of pyridine rings is 1. The highest BCUT2D eigenvalue weighted by Gasteiger charge is 2.17. The molecule has 0 atom stereocenters. The lowest BCUT2D eigenvalue weighted by Gasteiger charge is -2.34. The number of carbonyl (C=O) groups is 1. The molecule has 1 saturated heterocycles. The van der Waals surface area contributed by atoms with Crippen molar-refractivity contribution in [3.63, 3.8) is 0 Å². The Morgan fingerprint density at radius 1 is 1.26 bits per heavy atom. The number of methoxy groups -OCH3 is 1. The lowest BCUT2D eigenvalue weighted by molar-refractivity contribution is 0.102. The number of hydrogen-bond donors (Lipinski definition) is 1. The molecular weight excluding hydrogens is 364 g/mol. The van der Waals surface area contributed by atoms with Gasteiger partial charge in [-0.2, -0.15) is 0 Å². The van der Waals surface area contributed by atoms with Crippen LogP contribution in [0.5, 0.6) is 5.75 Å². The Balaban J connectivity index is 1.69. The van der Waals surface area contributed by atoms with Gasteiger partial charge in [0, 0.05) is 43.5 Å². The second kappa shape index (κ2) is 8.59. The van der Waals surface area contributed by atoms with Gasteiger partial charge in [0.1, 0.15) is 11.6 Å². The summed E-state index contributed by atoms with van der Waals surface area (Å²) in [6.45, 7) is 9.12. The van der Waals surface area contributed by atoms with Crippen LogP contribution < -0.4 is 15.0 Å². The minimum atomic E-state index is -0.232. The molecule has 1 aromatic heterocycles. The van der Waals surface area contributed by atoms with Crippen molar-refractivity contribution in [3.8, 4) is 5.75 Å². The number of hydrogen-bond acceptors (Lipinski definition) is 5. The minimum absolute atomic E-state index is 0.232. The van der Waals surface area contributed by atoms with Crippen LogP contribution in [0.3, 0.4) is 0 Å². The number of rotatable bonds is 5. The molecule has 144 valence electrons. The zero-order valence-electron chi connectivity index (χ0n) is 16.0. The molecule has 3 rings (SSSR count). The first kappa shape index (κ1) is 19.5. The molecule has 1 fully saturated rings. The van der Waals surface area contributed by atoms with Crippen molar-refractivity contribution in [2.24, 2.45) is 0 Å². The average Bonchev–Trinajstić information content (AvgIpc) is 2.70. The van der Waals surface area contributed by atoms with Gasteiger partial charge in [-0.3, -0.25) is 4.79 Å². The molecule has 1 amide bonds. The van der Waals surface area contributed by atoms with E-state index in [4.69, 9.17) is 16.3 Å². The third kappa shape index (κ3) is 4.51. The Morgan fingerprint density at radius 3 is 2.59 bits per heavy atom. The smallest absolute Gasteiger partial charge is 0.257 e. The van der Waals surface area contributed by atoms with Crippen LogP contribution in [0, 0.1) is 6.92 Å². The normalized spacial score (nSPS) is 14.9. The van der Waals surface area contributed by atoms with Crippen molar-refractivity contribution in [2.75, 3.05) is 50.1 Å². The number of benzene rings is 1. The summed E-state index contributed by atoms with van der Waals surface area (Å²) in [5, 5.41) is 3.47. The number of carbonyl (C=O) groups excluding carboxylic acids is 1. The van der Waals surface area contributed by atoms with Crippen molar-refractivity contribution in [3.05, 3.63) is 46.6 Å². The molecule has 0 unspecified atom stereocenters. The number of aromatic nitrogens is 1. The topological polar surface area (TPSA) is 57.7 Å². The van der Waals surface area contributed by atoms with Crippen LogP contribution in [-0.2, 0) is 0 Å². The Hall–Kier alpha value is -2.31. The van der Waals surface area contributed by atoms with E-state index >= 15 is 0 Å². The van der Waals surface area contributed by atoms with Crippen molar-refractivity contribution in [1.82, 2.24) is 9.88 Å². The van der Waals surface area contributed by atoms with E-state index in [0.717, 1.165) is 44.1 Å². The van der Waals surface area contributed by atoms with E-state index in [9.17, 15) is 4.79 Å². The highest BCUT2D eigenvalue weighted by atomic mass is 35.5. The molecule has 1 aliphatic rings. The van der Waals surface area contributed by atoms with Gasteiger partial charge in [0.25, 0.3) is 5.91 Å². The maximum absolute atomic E-state index is 12.6. The van der Waals surface area contributed by atoms with Crippen LogP contribution in [0.1, 0.15) is 22.8 Å². The van der Waals surface area contributed by atoms with Gasteiger partial charge in [-0.1, -0.05) is 18.5 Å². The van der Waals surface area contributed by atoms with Gasteiger partial charge in [0.15, 0.2) is 0 Å². The third-order valence-electron chi connectivity index (χ3n) is 4.88. The average molecular weight is 389 g/mol. The number of amides is 1. The molecule has 0 bridgehead atoms. The highest BCUT2D eigenvalue weighted by Crippen LogP contribution is 2.31. The number of ether oxygens (including phenoxy) is 1. The Morgan fingerprint density at radius 2 is 2.00 bits per heavy atom. The fourth-order valence-corrected chi connectivity index (χ4v) is 3.28. The molecule has 0 spiro atoms. The number of nitrogens with zero attached hydrogens (tertiary/aromatic N) is 3. The van der Waals surface area contributed by atoms with Crippen molar-refractivity contribution < 1.29 is 9.53 Å². The molecule has 1 N–H and O–H groups in total. The summed E-state index contributed by atoms with van der Waals surface area (Å²) >= 11 is 6.12. The quantitative estimate of drug-likeness (QED) is 0.850. The van der Waals surface area contributed by atoms with E-state index in [-0.39, 0.29) is 5.91 Å². The second-order valence-electron chi connectivity index (χ2n) is 6.58. The lowest BCUT2D eigenvalue weighted by Crippen LogP contribution is -2.46. The maximum atomic E-state index is 12.6. The molecule has 2 heterocycles. The molecule has 6 nitrogen and oxygen atoms in total. The third-order valence-corrected chi connectivity index (χ3v) is 5.29. The summed E-state index contributed by atoms with van der Waals surface area (Å²) < 4.78 is 5.31. The van der Waals surface area contributed by atoms with Crippen molar-refractivity contribution in [2.45, 2.75) is 13.8 Å². The Labute approximate surface area is 165 Å². The van der Waals surface area contributed by atoms with E-state index in [2.05, 4.69) is 27.0 Å². The predicted octanol–water partition coefficient (Wildman–Crippen LogP) is 3.45. The van der Waals surface area contributed by atoms with Gasteiger partial charge in [0.05, 0.1) is 18.4 Å². The van der Waals surface area contributed by atoms with Crippen molar-refractivity contribution in [1.29, 1.82) is 0 Å². The number of nitrogens with one attached hydrogen (secondary N) is 1. The highest BCUT2D eigenvalue weighted by molar-refractivity contribution is 6.31. The molecule has 1 aliphatic heterocycles. The van der Waals surface area contributed by atoms with Crippen LogP contribution in [0.4, 0.5) is 11.5 Å².